The highest BCUT2D eigenvalue weighted by Crippen LogP contribution is 2.36. The van der Waals surface area contributed by atoms with Gasteiger partial charge in [-0.05, 0) is 26.3 Å². The highest BCUT2D eigenvalue weighted by Gasteiger charge is 2.13. The minimum Gasteiger partial charge on any atom is -0.251 e. The second kappa shape index (κ2) is 4.97. The molecule has 0 atom stereocenters. The number of hydrogen-bond acceptors (Lipinski definition) is 3. The van der Waals surface area contributed by atoms with E-state index in [1.807, 2.05) is 16.0 Å². The minimum atomic E-state index is 0.985. The Labute approximate surface area is 112 Å². The summed E-state index contributed by atoms with van der Waals surface area (Å²) in [6, 6.07) is 2.09. The summed E-state index contributed by atoms with van der Waals surface area (Å²) in [5, 5.41) is 4.58. The molecule has 2 radical (unpaired) electrons. The average molecular weight is 264 g/mol. The fourth-order valence-corrected chi connectivity index (χ4v) is 4.65. The average Bonchev–Trinajstić information content (AvgIpc) is 2.82. The molecule has 0 N–H and O–H groups in total. The van der Waals surface area contributed by atoms with Crippen molar-refractivity contribution in [2.45, 2.75) is 32.1 Å². The number of thiophene rings is 1. The van der Waals surface area contributed by atoms with Gasteiger partial charge in [0, 0.05) is 20.8 Å². The van der Waals surface area contributed by atoms with Crippen molar-refractivity contribution in [2.24, 2.45) is 0 Å². The van der Waals surface area contributed by atoms with Crippen LogP contribution in [0.3, 0.4) is 0 Å². The lowest BCUT2D eigenvalue weighted by Crippen LogP contribution is -1.97. The fraction of sp³-hybridized carbons (Fsp3) is 0.364. The molecule has 0 saturated heterocycles. The SMILES string of the molecule is CCc1ccn(-c2c(C)sc(C)c2[S][Al])n1. The standard InChI is InChI=1S/C11H14N2S2.Al/c1-4-9-5-6-13(12-9)10-7(2)15-8(3)11(10)14;/h5-6,14H,4H2,1-3H3;/q;+1/p-1. The predicted molar refractivity (Wildman–Crippen MR) is 71.9 cm³/mol. The first-order valence-electron chi connectivity index (χ1n) is 5.19. The van der Waals surface area contributed by atoms with Crippen LogP contribution in [0.5, 0.6) is 0 Å². The molecule has 0 amide bonds. The zero-order chi connectivity index (χ0) is 11.7. The number of nitrogens with zero attached hydrogens (tertiary/aromatic N) is 2. The van der Waals surface area contributed by atoms with E-state index in [1.54, 1.807) is 10.1 Å². The van der Waals surface area contributed by atoms with Crippen molar-refractivity contribution in [1.82, 2.24) is 9.78 Å². The molecule has 0 aliphatic heterocycles. The normalized spacial score (nSPS) is 10.9. The molecular weight excluding hydrogens is 251 g/mol. The summed E-state index contributed by atoms with van der Waals surface area (Å²) in [6.07, 6.45) is 3.04. The molecule has 0 aromatic carbocycles. The van der Waals surface area contributed by atoms with Gasteiger partial charge in [0.05, 0.1) is 11.4 Å². The molecule has 0 unspecified atom stereocenters. The van der Waals surface area contributed by atoms with Gasteiger partial charge in [-0.15, -0.1) is 11.3 Å². The monoisotopic (exact) mass is 264 g/mol. The van der Waals surface area contributed by atoms with Gasteiger partial charge >= 0.3 is 0 Å². The third kappa shape index (κ3) is 2.10. The molecule has 2 heterocycles. The molecule has 0 spiro atoms. The number of aromatic nitrogens is 2. The maximum Gasteiger partial charge on any atom is 0.241 e. The van der Waals surface area contributed by atoms with Crippen LogP contribution in [0.25, 0.3) is 5.69 Å². The molecule has 5 heteroatoms. The van der Waals surface area contributed by atoms with E-state index in [1.165, 1.54) is 20.3 Å². The van der Waals surface area contributed by atoms with Crippen LogP contribution in [-0.4, -0.2) is 24.9 Å². The molecule has 0 bridgehead atoms. The van der Waals surface area contributed by atoms with Crippen molar-refractivity contribution in [3.63, 3.8) is 0 Å². The first-order valence-corrected chi connectivity index (χ1v) is 8.30. The smallest absolute Gasteiger partial charge is 0.241 e. The van der Waals surface area contributed by atoms with E-state index in [0.717, 1.165) is 12.1 Å². The lowest BCUT2D eigenvalue weighted by Gasteiger charge is -2.05. The Kier molecular flexibility index (Phi) is 3.81. The summed E-state index contributed by atoms with van der Waals surface area (Å²) < 4.78 is 2.00. The molecule has 2 rings (SSSR count). The van der Waals surface area contributed by atoms with E-state index in [9.17, 15) is 0 Å². The molecule has 0 aliphatic rings. The van der Waals surface area contributed by atoms with Gasteiger partial charge in [-0.25, -0.2) is 4.68 Å². The molecule has 16 heavy (non-hydrogen) atoms. The molecular formula is C11H13AlN2S2. The van der Waals surface area contributed by atoms with Gasteiger partial charge in [0.25, 0.3) is 0 Å². The number of rotatable bonds is 3. The minimum absolute atomic E-state index is 0.985. The van der Waals surface area contributed by atoms with Crippen molar-refractivity contribution in [3.05, 3.63) is 27.7 Å². The Morgan fingerprint density at radius 1 is 1.44 bits per heavy atom. The second-order valence-corrected chi connectivity index (χ2v) is 6.40. The van der Waals surface area contributed by atoms with E-state index in [4.69, 9.17) is 0 Å². The third-order valence-electron chi connectivity index (χ3n) is 2.53. The zero-order valence-corrected chi connectivity index (χ0v) is 12.4. The highest BCUT2D eigenvalue weighted by molar-refractivity contribution is 8.19. The molecule has 82 valence electrons. The number of hydrogen-bond donors (Lipinski definition) is 0. The van der Waals surface area contributed by atoms with Crippen LogP contribution in [0.15, 0.2) is 17.2 Å². The zero-order valence-electron chi connectivity index (χ0n) is 9.65. The van der Waals surface area contributed by atoms with Crippen molar-refractivity contribution < 1.29 is 0 Å². The van der Waals surface area contributed by atoms with E-state index in [-0.39, 0.29) is 0 Å². The van der Waals surface area contributed by atoms with E-state index in [2.05, 4.69) is 53.3 Å². The Balaban J connectivity index is 2.54. The van der Waals surface area contributed by atoms with Gasteiger partial charge in [-0.3, -0.25) is 10.1 Å². The summed E-state index contributed by atoms with van der Waals surface area (Å²) in [5.74, 6) is 0. The van der Waals surface area contributed by atoms with Crippen LogP contribution in [0.2, 0.25) is 0 Å². The summed E-state index contributed by atoms with van der Waals surface area (Å²) in [6.45, 7) is 6.45. The lowest BCUT2D eigenvalue weighted by atomic mass is 10.3. The lowest BCUT2D eigenvalue weighted by molar-refractivity contribution is 0.826. The van der Waals surface area contributed by atoms with Crippen LogP contribution in [0.4, 0.5) is 0 Å². The maximum atomic E-state index is 4.58. The Morgan fingerprint density at radius 2 is 2.19 bits per heavy atom. The highest BCUT2D eigenvalue weighted by atomic mass is 32.3. The summed E-state index contributed by atoms with van der Waals surface area (Å²) in [7, 11) is 1.72. The topological polar surface area (TPSA) is 17.8 Å². The fourth-order valence-electron chi connectivity index (χ4n) is 1.73. The first-order chi connectivity index (χ1) is 7.67. The number of aryl methyl sites for hydroxylation is 3. The van der Waals surface area contributed by atoms with Gasteiger partial charge in [-0.1, -0.05) is 6.92 Å². The molecule has 0 aliphatic carbocycles. The van der Waals surface area contributed by atoms with Crippen LogP contribution in [0, 0.1) is 13.8 Å². The van der Waals surface area contributed by atoms with Crippen molar-refractivity contribution in [1.29, 1.82) is 0 Å². The van der Waals surface area contributed by atoms with Crippen molar-refractivity contribution in [3.8, 4) is 5.69 Å². The molecule has 2 nitrogen and oxygen atoms in total. The predicted octanol–water partition coefficient (Wildman–Crippen LogP) is 3.29. The Bertz CT molecular complexity index is 502. The van der Waals surface area contributed by atoms with Crippen LogP contribution >= 0.6 is 21.5 Å². The van der Waals surface area contributed by atoms with Crippen LogP contribution in [0.1, 0.15) is 22.4 Å². The van der Waals surface area contributed by atoms with Gasteiger partial charge in [-0.2, -0.15) is 5.10 Å². The van der Waals surface area contributed by atoms with E-state index < -0.39 is 0 Å². The summed E-state index contributed by atoms with van der Waals surface area (Å²) in [4.78, 5) is 4.01. The molecule has 0 fully saturated rings. The maximum absolute atomic E-state index is 4.58. The molecule has 2 aromatic rings. The largest absolute Gasteiger partial charge is 0.251 e. The van der Waals surface area contributed by atoms with Gasteiger partial charge in [0.1, 0.15) is 0 Å². The van der Waals surface area contributed by atoms with Gasteiger partial charge in [0.15, 0.2) is 0 Å². The Morgan fingerprint density at radius 3 is 2.75 bits per heavy atom. The second-order valence-electron chi connectivity index (χ2n) is 3.62. The van der Waals surface area contributed by atoms with Crippen molar-refractivity contribution in [2.75, 3.05) is 0 Å². The van der Waals surface area contributed by atoms with E-state index in [0.29, 0.717) is 0 Å². The van der Waals surface area contributed by atoms with Gasteiger partial charge < -0.3 is 0 Å². The summed E-state index contributed by atoms with van der Waals surface area (Å²) >= 11 is 4.56. The van der Waals surface area contributed by atoms with Crippen LogP contribution in [-0.2, 0) is 6.42 Å². The molecule has 2 aromatic heterocycles. The third-order valence-corrected chi connectivity index (χ3v) is 5.11. The molecule has 0 saturated carbocycles. The Hall–Kier alpha value is -0.208. The summed E-state index contributed by atoms with van der Waals surface area (Å²) in [5.41, 5.74) is 2.38. The van der Waals surface area contributed by atoms with Gasteiger partial charge in [0.2, 0.25) is 15.2 Å². The van der Waals surface area contributed by atoms with Crippen LogP contribution < -0.4 is 0 Å². The van der Waals surface area contributed by atoms with Crippen molar-refractivity contribution >= 4 is 36.6 Å². The quantitative estimate of drug-likeness (QED) is 0.792. The first kappa shape index (κ1) is 12.3. The van der Waals surface area contributed by atoms with E-state index >= 15 is 0 Å².